The molecule has 5 heteroatoms. The molecule has 0 aromatic carbocycles. The molecule has 4 nitrogen and oxygen atoms in total. The van der Waals surface area contributed by atoms with Gasteiger partial charge >= 0.3 is 0 Å². The van der Waals surface area contributed by atoms with Gasteiger partial charge < -0.3 is 5.32 Å². The number of aryl methyl sites for hydroxylation is 1. The second kappa shape index (κ2) is 8.48. The second-order valence-electron chi connectivity index (χ2n) is 4.99. The van der Waals surface area contributed by atoms with Gasteiger partial charge in [0.1, 0.15) is 4.47 Å². The summed E-state index contributed by atoms with van der Waals surface area (Å²) in [4.78, 5) is 16.1. The Morgan fingerprint density at radius 3 is 2.89 bits per heavy atom. The predicted molar refractivity (Wildman–Crippen MR) is 82.5 cm³/mol. The van der Waals surface area contributed by atoms with Crippen LogP contribution in [0.1, 0.15) is 45.2 Å². The average Bonchev–Trinajstić information content (AvgIpc) is 2.39. The maximum absolute atomic E-state index is 11.9. The highest BCUT2D eigenvalue weighted by atomic mass is 79.9. The molecule has 0 aliphatic carbocycles. The average molecular weight is 330 g/mol. The maximum Gasteiger partial charge on any atom is 0.267 e. The van der Waals surface area contributed by atoms with Crippen LogP contribution >= 0.6 is 15.9 Å². The number of aromatic nitrogens is 2. The third kappa shape index (κ3) is 5.45. The largest absolute Gasteiger partial charge is 0.312 e. The lowest BCUT2D eigenvalue weighted by atomic mass is 10.1. The first-order valence-corrected chi connectivity index (χ1v) is 7.80. The molecule has 0 aliphatic rings. The quantitative estimate of drug-likeness (QED) is 0.746. The van der Waals surface area contributed by atoms with Crippen molar-refractivity contribution in [3.8, 4) is 0 Å². The van der Waals surface area contributed by atoms with Crippen molar-refractivity contribution in [2.24, 2.45) is 0 Å². The third-order valence-corrected chi connectivity index (χ3v) is 4.16. The second-order valence-corrected chi connectivity index (χ2v) is 5.79. The van der Waals surface area contributed by atoms with E-state index in [1.807, 2.05) is 6.92 Å². The monoisotopic (exact) mass is 329 g/mol. The van der Waals surface area contributed by atoms with E-state index < -0.39 is 0 Å². The van der Waals surface area contributed by atoms with Crippen molar-refractivity contribution in [3.05, 3.63) is 26.8 Å². The number of nitrogens with zero attached hydrogens (tertiary/aromatic N) is 2. The van der Waals surface area contributed by atoms with Gasteiger partial charge in [0.15, 0.2) is 0 Å². The van der Waals surface area contributed by atoms with E-state index in [0.29, 0.717) is 17.1 Å². The summed E-state index contributed by atoms with van der Waals surface area (Å²) in [5.41, 5.74) is 0.732. The standard InChI is InChI=1S/C14H24BrN3O/c1-4-5-6-7-11(2)16-8-9-18-10-17-12(3)13(15)14(18)19/h10-11,16H,4-9H2,1-3H3. The summed E-state index contributed by atoms with van der Waals surface area (Å²) in [6.07, 6.45) is 6.62. The molecule has 108 valence electrons. The molecule has 0 radical (unpaired) electrons. The number of nitrogens with one attached hydrogen (secondary N) is 1. The minimum atomic E-state index is -0.00654. The molecule has 0 saturated heterocycles. The van der Waals surface area contributed by atoms with Crippen molar-refractivity contribution in [1.29, 1.82) is 0 Å². The van der Waals surface area contributed by atoms with Gasteiger partial charge in [-0.15, -0.1) is 0 Å². The molecule has 0 bridgehead atoms. The van der Waals surface area contributed by atoms with E-state index in [1.165, 1.54) is 25.7 Å². The SMILES string of the molecule is CCCCCC(C)NCCn1cnc(C)c(Br)c1=O. The van der Waals surface area contributed by atoms with Gasteiger partial charge in [0.2, 0.25) is 0 Å². The Kier molecular flexibility index (Phi) is 7.31. The van der Waals surface area contributed by atoms with Crippen LogP contribution in [-0.4, -0.2) is 22.1 Å². The summed E-state index contributed by atoms with van der Waals surface area (Å²) in [7, 11) is 0. The van der Waals surface area contributed by atoms with Gasteiger partial charge in [-0.1, -0.05) is 26.2 Å². The highest BCUT2D eigenvalue weighted by Crippen LogP contribution is 2.06. The van der Waals surface area contributed by atoms with Crippen molar-refractivity contribution >= 4 is 15.9 Å². The molecule has 1 N–H and O–H groups in total. The summed E-state index contributed by atoms with van der Waals surface area (Å²) < 4.78 is 2.20. The van der Waals surface area contributed by atoms with Gasteiger partial charge in [0, 0.05) is 19.1 Å². The molecule has 1 rings (SSSR count). The highest BCUT2D eigenvalue weighted by Gasteiger charge is 2.05. The lowest BCUT2D eigenvalue weighted by molar-refractivity contribution is 0.465. The summed E-state index contributed by atoms with van der Waals surface area (Å²) in [5, 5.41) is 3.45. The highest BCUT2D eigenvalue weighted by molar-refractivity contribution is 9.10. The Balaban J connectivity index is 2.37. The molecule has 1 heterocycles. The third-order valence-electron chi connectivity index (χ3n) is 3.24. The zero-order valence-corrected chi connectivity index (χ0v) is 13.7. The zero-order chi connectivity index (χ0) is 14.3. The Bertz CT molecular complexity index is 445. The van der Waals surface area contributed by atoms with Crippen LogP contribution in [0.4, 0.5) is 0 Å². The fourth-order valence-corrected chi connectivity index (χ4v) is 2.27. The van der Waals surface area contributed by atoms with Crippen molar-refractivity contribution in [1.82, 2.24) is 14.9 Å². The molecule has 1 aromatic heterocycles. The molecule has 0 amide bonds. The van der Waals surface area contributed by atoms with E-state index in [-0.39, 0.29) is 5.56 Å². The molecule has 0 fully saturated rings. The lowest BCUT2D eigenvalue weighted by Crippen LogP contribution is -2.32. The van der Waals surface area contributed by atoms with Crippen molar-refractivity contribution < 1.29 is 0 Å². The topological polar surface area (TPSA) is 46.9 Å². The Morgan fingerprint density at radius 2 is 2.21 bits per heavy atom. The van der Waals surface area contributed by atoms with Crippen LogP contribution in [0.25, 0.3) is 0 Å². The van der Waals surface area contributed by atoms with Gasteiger partial charge in [-0.25, -0.2) is 4.98 Å². The number of halogens is 1. The van der Waals surface area contributed by atoms with Gasteiger partial charge in [0.05, 0.1) is 12.0 Å². The normalized spacial score (nSPS) is 12.6. The number of hydrogen-bond donors (Lipinski definition) is 1. The maximum atomic E-state index is 11.9. The van der Waals surface area contributed by atoms with E-state index in [0.717, 1.165) is 12.2 Å². The lowest BCUT2D eigenvalue weighted by Gasteiger charge is -2.14. The minimum Gasteiger partial charge on any atom is -0.312 e. The van der Waals surface area contributed by atoms with Crippen LogP contribution in [0.15, 0.2) is 15.6 Å². The molecule has 0 saturated carbocycles. The van der Waals surface area contributed by atoms with Gasteiger partial charge in [-0.05, 0) is 36.2 Å². The number of rotatable bonds is 8. The number of unbranched alkanes of at least 4 members (excludes halogenated alkanes) is 2. The molecular formula is C14H24BrN3O. The van der Waals surface area contributed by atoms with Crippen molar-refractivity contribution in [3.63, 3.8) is 0 Å². The zero-order valence-electron chi connectivity index (χ0n) is 12.1. The van der Waals surface area contributed by atoms with Crippen LogP contribution in [0, 0.1) is 6.92 Å². The summed E-state index contributed by atoms with van der Waals surface area (Å²) in [5.74, 6) is 0. The molecule has 19 heavy (non-hydrogen) atoms. The van der Waals surface area contributed by atoms with E-state index in [2.05, 4.69) is 40.1 Å². The Labute approximate surface area is 123 Å². The van der Waals surface area contributed by atoms with E-state index >= 15 is 0 Å². The smallest absolute Gasteiger partial charge is 0.267 e. The predicted octanol–water partition coefficient (Wildman–Crippen LogP) is 2.87. The first kappa shape index (κ1) is 16.4. The first-order valence-electron chi connectivity index (χ1n) is 7.01. The van der Waals surface area contributed by atoms with Crippen LogP contribution in [-0.2, 0) is 6.54 Å². The van der Waals surface area contributed by atoms with E-state index in [1.54, 1.807) is 10.9 Å². The Morgan fingerprint density at radius 1 is 1.47 bits per heavy atom. The molecule has 1 atom stereocenters. The summed E-state index contributed by atoms with van der Waals surface area (Å²) in [6.45, 7) is 7.69. The summed E-state index contributed by atoms with van der Waals surface area (Å²) in [6, 6.07) is 0.504. The van der Waals surface area contributed by atoms with Gasteiger partial charge in [-0.3, -0.25) is 9.36 Å². The fourth-order valence-electron chi connectivity index (χ4n) is 1.94. The molecule has 0 aliphatic heterocycles. The molecular weight excluding hydrogens is 306 g/mol. The van der Waals surface area contributed by atoms with E-state index in [9.17, 15) is 4.79 Å². The van der Waals surface area contributed by atoms with Crippen LogP contribution in [0.5, 0.6) is 0 Å². The van der Waals surface area contributed by atoms with Gasteiger partial charge in [-0.2, -0.15) is 0 Å². The van der Waals surface area contributed by atoms with Crippen molar-refractivity contribution in [2.75, 3.05) is 6.54 Å². The molecule has 0 spiro atoms. The molecule has 1 unspecified atom stereocenters. The van der Waals surface area contributed by atoms with Crippen LogP contribution in [0.2, 0.25) is 0 Å². The van der Waals surface area contributed by atoms with Gasteiger partial charge in [0.25, 0.3) is 5.56 Å². The number of hydrogen-bond acceptors (Lipinski definition) is 3. The van der Waals surface area contributed by atoms with Crippen LogP contribution < -0.4 is 10.9 Å². The Hall–Kier alpha value is -0.680. The fraction of sp³-hybridized carbons (Fsp3) is 0.714. The van der Waals surface area contributed by atoms with Crippen molar-refractivity contribution in [2.45, 2.75) is 59.0 Å². The van der Waals surface area contributed by atoms with Crippen LogP contribution in [0.3, 0.4) is 0 Å². The van der Waals surface area contributed by atoms with E-state index in [4.69, 9.17) is 0 Å². The minimum absolute atomic E-state index is 0.00654. The first-order chi connectivity index (χ1) is 9.06. The summed E-state index contributed by atoms with van der Waals surface area (Å²) >= 11 is 3.28. The molecule has 1 aromatic rings.